The molecule has 1 saturated heterocycles. The van der Waals surface area contributed by atoms with Gasteiger partial charge in [0.15, 0.2) is 0 Å². The molecule has 1 aliphatic rings. The number of aryl methyl sites for hydroxylation is 1. The number of benzene rings is 2. The van der Waals surface area contributed by atoms with E-state index >= 15 is 0 Å². The highest BCUT2D eigenvalue weighted by Gasteiger charge is 2.21. The Kier molecular flexibility index (Phi) is 5.96. The molecule has 2 heterocycles. The standard InChI is InChI=1S/C19H23N7O5S2/c1-24-7-9-26(10-8-24)13-3-5-16(18(11-13)33(29,30)31)22-23-19-21-15-6-4-14(32(20,27)28)12-17(15)25(19)2/h3-6,11-12H,7-10H2,1-2H3,(H2,20,27,28)(H,29,30,31). The normalized spacial score (nSPS) is 16.2. The number of nitrogens with two attached hydrogens (primary N) is 1. The van der Waals surface area contributed by atoms with Gasteiger partial charge in [0, 0.05) is 38.9 Å². The lowest BCUT2D eigenvalue weighted by Crippen LogP contribution is -2.44. The van der Waals surface area contributed by atoms with Crippen LogP contribution in [0.1, 0.15) is 0 Å². The number of hydrogen-bond acceptors (Lipinski definition) is 9. The molecule has 33 heavy (non-hydrogen) atoms. The minimum atomic E-state index is -4.57. The molecule has 1 fully saturated rings. The Morgan fingerprint density at radius 3 is 2.30 bits per heavy atom. The quantitative estimate of drug-likeness (QED) is 0.400. The van der Waals surface area contributed by atoms with Crippen LogP contribution in [0.5, 0.6) is 0 Å². The molecule has 3 aromatic rings. The van der Waals surface area contributed by atoms with Crippen LogP contribution >= 0.6 is 0 Å². The monoisotopic (exact) mass is 493 g/mol. The van der Waals surface area contributed by atoms with Gasteiger partial charge in [0.1, 0.15) is 10.6 Å². The number of azo groups is 1. The van der Waals surface area contributed by atoms with Crippen LogP contribution in [0.25, 0.3) is 11.0 Å². The van der Waals surface area contributed by atoms with Gasteiger partial charge in [-0.05, 0) is 43.4 Å². The predicted molar refractivity (Wildman–Crippen MR) is 122 cm³/mol. The highest BCUT2D eigenvalue weighted by Crippen LogP contribution is 2.31. The summed E-state index contributed by atoms with van der Waals surface area (Å²) < 4.78 is 58.5. The smallest absolute Gasteiger partial charge is 0.296 e. The SMILES string of the molecule is CN1CCN(c2ccc(N=Nc3nc4ccc(S(N)(=O)=O)cc4n3C)c(S(=O)(=O)O)c2)CC1. The molecule has 1 aliphatic heterocycles. The Balaban J connectivity index is 1.70. The third-order valence-corrected chi connectivity index (χ3v) is 7.29. The molecule has 0 saturated carbocycles. The fraction of sp³-hybridized carbons (Fsp3) is 0.316. The molecule has 176 valence electrons. The summed E-state index contributed by atoms with van der Waals surface area (Å²) in [7, 11) is -4.83. The maximum absolute atomic E-state index is 12.0. The summed E-state index contributed by atoms with van der Waals surface area (Å²) in [4.78, 5) is 8.05. The summed E-state index contributed by atoms with van der Waals surface area (Å²) in [5.41, 5.74) is 1.52. The molecule has 14 heteroatoms. The van der Waals surface area contributed by atoms with Crippen molar-refractivity contribution in [1.82, 2.24) is 14.5 Å². The number of hydrogen-bond donors (Lipinski definition) is 2. The molecular formula is C19H23N7O5S2. The summed E-state index contributed by atoms with van der Waals surface area (Å²) in [5.74, 6) is 0.112. The molecule has 2 aromatic carbocycles. The van der Waals surface area contributed by atoms with Crippen molar-refractivity contribution < 1.29 is 21.4 Å². The summed E-state index contributed by atoms with van der Waals surface area (Å²) in [6.45, 7) is 3.12. The lowest BCUT2D eigenvalue weighted by atomic mass is 10.2. The van der Waals surface area contributed by atoms with E-state index in [9.17, 15) is 21.4 Å². The molecule has 0 amide bonds. The zero-order valence-electron chi connectivity index (χ0n) is 17.9. The van der Waals surface area contributed by atoms with Crippen LogP contribution in [0.15, 0.2) is 56.4 Å². The molecule has 0 radical (unpaired) electrons. The van der Waals surface area contributed by atoms with Crippen LogP contribution in [0.4, 0.5) is 17.3 Å². The van der Waals surface area contributed by atoms with Crippen LogP contribution in [-0.4, -0.2) is 69.1 Å². The topological polar surface area (TPSA) is 164 Å². The van der Waals surface area contributed by atoms with Gasteiger partial charge in [0.2, 0.25) is 16.0 Å². The molecule has 0 spiro atoms. The van der Waals surface area contributed by atoms with Crippen LogP contribution in [0, 0.1) is 0 Å². The van der Waals surface area contributed by atoms with Crippen molar-refractivity contribution in [1.29, 1.82) is 0 Å². The van der Waals surface area contributed by atoms with Crippen molar-refractivity contribution in [3.8, 4) is 0 Å². The van der Waals surface area contributed by atoms with Crippen molar-refractivity contribution in [2.45, 2.75) is 9.79 Å². The molecule has 0 atom stereocenters. The van der Waals surface area contributed by atoms with E-state index in [0.29, 0.717) is 16.7 Å². The number of piperazine rings is 1. The van der Waals surface area contributed by atoms with Crippen LogP contribution in [0.3, 0.4) is 0 Å². The van der Waals surface area contributed by atoms with Gasteiger partial charge in [-0.15, -0.1) is 10.2 Å². The van der Waals surface area contributed by atoms with Crippen molar-refractivity contribution in [3.05, 3.63) is 36.4 Å². The van der Waals surface area contributed by atoms with Gasteiger partial charge in [-0.2, -0.15) is 8.42 Å². The van der Waals surface area contributed by atoms with E-state index in [1.807, 2.05) is 11.9 Å². The molecule has 0 aliphatic carbocycles. The molecule has 12 nitrogen and oxygen atoms in total. The lowest BCUT2D eigenvalue weighted by molar-refractivity contribution is 0.313. The fourth-order valence-corrected chi connectivity index (χ4v) is 4.75. The van der Waals surface area contributed by atoms with Crippen molar-refractivity contribution in [2.75, 3.05) is 38.1 Å². The number of aromatic nitrogens is 2. The molecule has 4 rings (SSSR count). The largest absolute Gasteiger partial charge is 0.369 e. The van der Waals surface area contributed by atoms with Gasteiger partial charge in [-0.1, -0.05) is 0 Å². The number of imidazole rings is 1. The first-order valence-electron chi connectivity index (χ1n) is 9.89. The van der Waals surface area contributed by atoms with Gasteiger partial charge in [-0.3, -0.25) is 4.55 Å². The Morgan fingerprint density at radius 1 is 0.970 bits per heavy atom. The maximum atomic E-state index is 12.0. The molecule has 0 bridgehead atoms. The van der Waals surface area contributed by atoms with Crippen molar-refractivity contribution in [2.24, 2.45) is 22.4 Å². The molecule has 0 unspecified atom stereocenters. The Morgan fingerprint density at radius 2 is 1.67 bits per heavy atom. The fourth-order valence-electron chi connectivity index (χ4n) is 3.58. The number of primary sulfonamides is 1. The summed E-state index contributed by atoms with van der Waals surface area (Å²) in [6, 6.07) is 8.76. The van der Waals surface area contributed by atoms with E-state index in [4.69, 9.17) is 5.14 Å². The zero-order chi connectivity index (χ0) is 24.0. The summed E-state index contributed by atoms with van der Waals surface area (Å²) in [5, 5.41) is 13.2. The summed E-state index contributed by atoms with van der Waals surface area (Å²) >= 11 is 0. The number of rotatable bonds is 5. The Hall–Kier alpha value is -2.91. The van der Waals surface area contributed by atoms with E-state index in [2.05, 4.69) is 20.1 Å². The van der Waals surface area contributed by atoms with Crippen molar-refractivity contribution >= 4 is 48.5 Å². The van der Waals surface area contributed by atoms with Crippen LogP contribution in [-0.2, 0) is 27.2 Å². The van der Waals surface area contributed by atoms with Gasteiger partial charge >= 0.3 is 0 Å². The first-order chi connectivity index (χ1) is 15.4. The number of nitrogens with zero attached hydrogens (tertiary/aromatic N) is 6. The zero-order valence-corrected chi connectivity index (χ0v) is 19.6. The van der Waals surface area contributed by atoms with Crippen molar-refractivity contribution in [3.63, 3.8) is 0 Å². The first kappa shape index (κ1) is 23.3. The average Bonchev–Trinajstić information content (AvgIpc) is 3.06. The number of sulfonamides is 1. The van der Waals surface area contributed by atoms with E-state index in [-0.39, 0.29) is 21.4 Å². The molecular weight excluding hydrogens is 470 g/mol. The highest BCUT2D eigenvalue weighted by molar-refractivity contribution is 7.89. The maximum Gasteiger partial charge on any atom is 0.296 e. The van der Waals surface area contributed by atoms with Gasteiger partial charge < -0.3 is 14.4 Å². The van der Waals surface area contributed by atoms with Gasteiger partial charge in [0.05, 0.1) is 15.9 Å². The second kappa shape index (κ2) is 8.46. The number of fused-ring (bicyclic) bond motifs is 1. The van der Waals surface area contributed by atoms with Crippen LogP contribution in [0.2, 0.25) is 0 Å². The second-order valence-electron chi connectivity index (χ2n) is 7.78. The Bertz CT molecular complexity index is 1460. The van der Waals surface area contributed by atoms with Gasteiger partial charge in [0.25, 0.3) is 10.1 Å². The van der Waals surface area contributed by atoms with E-state index in [0.717, 1.165) is 26.2 Å². The summed E-state index contributed by atoms with van der Waals surface area (Å²) in [6.07, 6.45) is 0. The second-order valence-corrected chi connectivity index (χ2v) is 10.7. The minimum Gasteiger partial charge on any atom is -0.369 e. The molecule has 3 N–H and O–H groups in total. The average molecular weight is 494 g/mol. The lowest BCUT2D eigenvalue weighted by Gasteiger charge is -2.34. The highest BCUT2D eigenvalue weighted by atomic mass is 32.2. The molecule has 1 aromatic heterocycles. The Labute approximate surface area is 191 Å². The number of likely N-dealkylation sites (N-methyl/N-ethyl adjacent to an activating group) is 1. The van der Waals surface area contributed by atoms with E-state index in [1.54, 1.807) is 13.1 Å². The minimum absolute atomic E-state index is 0.0485. The van der Waals surface area contributed by atoms with Crippen LogP contribution < -0.4 is 10.0 Å². The van der Waals surface area contributed by atoms with E-state index in [1.165, 1.54) is 34.9 Å². The third kappa shape index (κ3) is 4.89. The van der Waals surface area contributed by atoms with E-state index < -0.39 is 20.1 Å². The number of anilines is 1. The predicted octanol–water partition coefficient (Wildman–Crippen LogP) is 1.63. The third-order valence-electron chi connectivity index (χ3n) is 5.49. The van der Waals surface area contributed by atoms with Gasteiger partial charge in [-0.25, -0.2) is 18.5 Å². The first-order valence-corrected chi connectivity index (χ1v) is 12.9.